The Bertz CT molecular complexity index is 869. The minimum absolute atomic E-state index is 0.0811. The summed E-state index contributed by atoms with van der Waals surface area (Å²) in [5.74, 6) is 0.573. The topological polar surface area (TPSA) is 70.8 Å². The van der Waals surface area contributed by atoms with Crippen molar-refractivity contribution in [2.75, 3.05) is 5.73 Å². The van der Waals surface area contributed by atoms with Crippen LogP contribution in [0.2, 0.25) is 0 Å². The van der Waals surface area contributed by atoms with E-state index in [0.717, 1.165) is 22.5 Å². The van der Waals surface area contributed by atoms with E-state index in [4.69, 9.17) is 5.73 Å². The molecule has 2 heterocycles. The molecule has 0 saturated carbocycles. The van der Waals surface area contributed by atoms with E-state index in [-0.39, 0.29) is 5.69 Å². The first-order valence-corrected chi connectivity index (χ1v) is 6.63. The van der Waals surface area contributed by atoms with Crippen molar-refractivity contribution in [3.63, 3.8) is 0 Å². The van der Waals surface area contributed by atoms with Crippen LogP contribution in [0.15, 0.2) is 41.5 Å². The van der Waals surface area contributed by atoms with Crippen LogP contribution in [0, 0.1) is 6.92 Å². The van der Waals surface area contributed by atoms with E-state index in [2.05, 4.69) is 5.10 Å². The molecule has 3 aromatic rings. The molecular weight excluding hydrogens is 266 g/mol. The van der Waals surface area contributed by atoms with Gasteiger partial charge in [0.05, 0.1) is 11.9 Å². The van der Waals surface area contributed by atoms with Gasteiger partial charge < -0.3 is 10.3 Å². The molecule has 6 heteroatoms. The molecule has 0 fully saturated rings. The number of nitrogens with two attached hydrogens (primary N) is 1. The quantitative estimate of drug-likeness (QED) is 0.774. The predicted molar refractivity (Wildman–Crippen MR) is 82.4 cm³/mol. The molecular formula is C15H17N5O. The molecule has 0 saturated heterocycles. The minimum atomic E-state index is -0.0811. The van der Waals surface area contributed by atoms with Crippen molar-refractivity contribution in [3.8, 4) is 16.8 Å². The van der Waals surface area contributed by atoms with Crippen LogP contribution in [0.4, 0.5) is 5.82 Å². The summed E-state index contributed by atoms with van der Waals surface area (Å²) in [7, 11) is 3.54. The zero-order valence-electron chi connectivity index (χ0n) is 12.2. The van der Waals surface area contributed by atoms with Crippen molar-refractivity contribution in [3.05, 3.63) is 52.8 Å². The highest BCUT2D eigenvalue weighted by atomic mass is 16.1. The number of rotatable bonds is 2. The third kappa shape index (κ3) is 1.96. The third-order valence-corrected chi connectivity index (χ3v) is 3.65. The highest BCUT2D eigenvalue weighted by molar-refractivity contribution is 5.80. The first kappa shape index (κ1) is 13.2. The number of hydrogen-bond acceptors (Lipinski definition) is 3. The summed E-state index contributed by atoms with van der Waals surface area (Å²) in [4.78, 5) is 12.3. The van der Waals surface area contributed by atoms with Gasteiger partial charge in [0.2, 0.25) is 0 Å². The fourth-order valence-corrected chi connectivity index (χ4v) is 2.55. The standard InChI is InChI=1S/C15H17N5O/c1-10-9-18(2)15(21)20(10)13-7-5-4-6-11(13)12-8-17-19(3)14(12)16/h4-9H,16H2,1-3H3. The van der Waals surface area contributed by atoms with Crippen molar-refractivity contribution in [2.24, 2.45) is 14.1 Å². The lowest BCUT2D eigenvalue weighted by Gasteiger charge is -2.10. The van der Waals surface area contributed by atoms with Gasteiger partial charge in [0.25, 0.3) is 0 Å². The maximum atomic E-state index is 12.3. The summed E-state index contributed by atoms with van der Waals surface area (Å²) in [6, 6.07) is 7.69. The van der Waals surface area contributed by atoms with Crippen LogP contribution in [0.5, 0.6) is 0 Å². The average Bonchev–Trinajstić information content (AvgIpc) is 2.91. The molecule has 0 atom stereocenters. The minimum Gasteiger partial charge on any atom is -0.383 e. The van der Waals surface area contributed by atoms with Crippen LogP contribution in [0.1, 0.15) is 5.69 Å². The van der Waals surface area contributed by atoms with Crippen LogP contribution in [0.25, 0.3) is 16.8 Å². The highest BCUT2D eigenvalue weighted by Crippen LogP contribution is 2.30. The fraction of sp³-hybridized carbons (Fsp3) is 0.200. The Kier molecular flexibility index (Phi) is 2.94. The molecule has 6 nitrogen and oxygen atoms in total. The fourth-order valence-electron chi connectivity index (χ4n) is 2.55. The number of aromatic nitrogens is 4. The molecule has 0 amide bonds. The van der Waals surface area contributed by atoms with Gasteiger partial charge in [0.15, 0.2) is 0 Å². The number of anilines is 1. The molecule has 3 rings (SSSR count). The van der Waals surface area contributed by atoms with E-state index in [1.807, 2.05) is 37.4 Å². The van der Waals surface area contributed by atoms with Crippen LogP contribution >= 0.6 is 0 Å². The molecule has 0 aliphatic carbocycles. The van der Waals surface area contributed by atoms with Gasteiger partial charge >= 0.3 is 5.69 Å². The zero-order valence-corrected chi connectivity index (χ0v) is 12.2. The first-order chi connectivity index (χ1) is 10.0. The third-order valence-electron chi connectivity index (χ3n) is 3.65. The summed E-state index contributed by atoms with van der Waals surface area (Å²) in [5, 5.41) is 4.18. The number of nitrogens with zero attached hydrogens (tertiary/aromatic N) is 4. The number of nitrogen functional groups attached to an aromatic ring is 1. The summed E-state index contributed by atoms with van der Waals surface area (Å²) in [6.07, 6.45) is 3.53. The lowest BCUT2D eigenvalue weighted by atomic mass is 10.1. The van der Waals surface area contributed by atoms with Crippen molar-refractivity contribution in [2.45, 2.75) is 6.92 Å². The maximum Gasteiger partial charge on any atom is 0.332 e. The number of hydrogen-bond donors (Lipinski definition) is 1. The van der Waals surface area contributed by atoms with Crippen LogP contribution in [-0.4, -0.2) is 18.9 Å². The van der Waals surface area contributed by atoms with E-state index in [9.17, 15) is 4.79 Å². The Morgan fingerprint density at radius 3 is 2.43 bits per heavy atom. The smallest absolute Gasteiger partial charge is 0.332 e. The summed E-state index contributed by atoms with van der Waals surface area (Å²) in [5.41, 5.74) is 9.38. The maximum absolute atomic E-state index is 12.3. The summed E-state index contributed by atoms with van der Waals surface area (Å²) < 4.78 is 4.87. The van der Waals surface area contributed by atoms with Gasteiger partial charge in [-0.05, 0) is 13.0 Å². The molecule has 0 unspecified atom stereocenters. The van der Waals surface area contributed by atoms with Crippen LogP contribution in [-0.2, 0) is 14.1 Å². The number of imidazole rings is 1. The highest BCUT2D eigenvalue weighted by Gasteiger charge is 2.16. The van der Waals surface area contributed by atoms with Crippen molar-refractivity contribution >= 4 is 5.82 Å². The SMILES string of the molecule is Cc1cn(C)c(=O)n1-c1ccccc1-c1cnn(C)c1N. The molecule has 0 aliphatic rings. The van der Waals surface area contributed by atoms with Gasteiger partial charge in [-0.1, -0.05) is 18.2 Å². The van der Waals surface area contributed by atoms with Crippen LogP contribution < -0.4 is 11.4 Å². The van der Waals surface area contributed by atoms with E-state index in [1.54, 1.807) is 34.1 Å². The summed E-state index contributed by atoms with van der Waals surface area (Å²) >= 11 is 0. The average molecular weight is 283 g/mol. The van der Waals surface area contributed by atoms with Gasteiger partial charge in [0, 0.05) is 37.1 Å². The van der Waals surface area contributed by atoms with E-state index < -0.39 is 0 Å². The first-order valence-electron chi connectivity index (χ1n) is 6.63. The van der Waals surface area contributed by atoms with Gasteiger partial charge in [-0.3, -0.25) is 9.25 Å². The molecule has 0 bridgehead atoms. The van der Waals surface area contributed by atoms with Gasteiger partial charge in [-0.15, -0.1) is 0 Å². The molecule has 1 aromatic carbocycles. The molecule has 21 heavy (non-hydrogen) atoms. The van der Waals surface area contributed by atoms with Gasteiger partial charge in [-0.2, -0.15) is 5.10 Å². The van der Waals surface area contributed by atoms with E-state index in [0.29, 0.717) is 5.82 Å². The van der Waals surface area contributed by atoms with E-state index >= 15 is 0 Å². The Labute approximate surface area is 122 Å². The van der Waals surface area contributed by atoms with Gasteiger partial charge in [0.1, 0.15) is 5.82 Å². The molecule has 2 N–H and O–H groups in total. The molecule has 108 valence electrons. The monoisotopic (exact) mass is 283 g/mol. The second-order valence-electron chi connectivity index (χ2n) is 5.08. The summed E-state index contributed by atoms with van der Waals surface area (Å²) in [6.45, 7) is 1.91. The lowest BCUT2D eigenvalue weighted by Crippen LogP contribution is -2.21. The van der Waals surface area contributed by atoms with E-state index in [1.165, 1.54) is 0 Å². The van der Waals surface area contributed by atoms with Crippen molar-refractivity contribution < 1.29 is 0 Å². The second kappa shape index (κ2) is 4.66. The largest absolute Gasteiger partial charge is 0.383 e. The molecule has 2 aromatic heterocycles. The zero-order chi connectivity index (χ0) is 15.1. The number of benzene rings is 1. The lowest BCUT2D eigenvalue weighted by molar-refractivity contribution is 0.779. The number of aryl methyl sites for hydroxylation is 3. The molecule has 0 aliphatic heterocycles. The van der Waals surface area contributed by atoms with Crippen molar-refractivity contribution in [1.82, 2.24) is 18.9 Å². The Balaban J connectivity index is 2.31. The predicted octanol–water partition coefficient (Wildman–Crippen LogP) is 1.47. The Hall–Kier alpha value is -2.76. The second-order valence-corrected chi connectivity index (χ2v) is 5.08. The van der Waals surface area contributed by atoms with Crippen molar-refractivity contribution in [1.29, 1.82) is 0 Å². The van der Waals surface area contributed by atoms with Gasteiger partial charge in [-0.25, -0.2) is 4.79 Å². The Morgan fingerprint density at radius 2 is 1.86 bits per heavy atom. The van der Waals surface area contributed by atoms with Crippen LogP contribution in [0.3, 0.4) is 0 Å². The normalized spacial score (nSPS) is 11.0. The number of para-hydroxylation sites is 1. The molecule has 0 radical (unpaired) electrons. The molecule has 0 spiro atoms. The Morgan fingerprint density at radius 1 is 1.14 bits per heavy atom.